The zero-order chi connectivity index (χ0) is 29.2. The quantitative estimate of drug-likeness (QED) is 0.255. The van der Waals surface area contributed by atoms with Crippen LogP contribution in [0, 0.1) is 0 Å². The number of hydrogen-bond donors (Lipinski definition) is 5. The van der Waals surface area contributed by atoms with E-state index in [2.05, 4.69) is 21.3 Å². The van der Waals surface area contributed by atoms with E-state index in [9.17, 15) is 19.5 Å². The van der Waals surface area contributed by atoms with Crippen LogP contribution in [0.1, 0.15) is 74.7 Å². The van der Waals surface area contributed by atoms with Gasteiger partial charge in [0.2, 0.25) is 11.8 Å². The summed E-state index contributed by atoms with van der Waals surface area (Å²) in [7, 11) is 0. The molecule has 5 N–H and O–H groups in total. The minimum absolute atomic E-state index is 0.0510. The first-order valence-electron chi connectivity index (χ1n) is 15.1. The van der Waals surface area contributed by atoms with Crippen molar-refractivity contribution in [2.75, 3.05) is 29.9 Å². The van der Waals surface area contributed by atoms with E-state index in [1.165, 1.54) is 6.42 Å². The summed E-state index contributed by atoms with van der Waals surface area (Å²) >= 11 is 0. The summed E-state index contributed by atoms with van der Waals surface area (Å²) in [6.45, 7) is 5.21. The van der Waals surface area contributed by atoms with Crippen LogP contribution in [0.15, 0.2) is 48.5 Å². The van der Waals surface area contributed by atoms with Crippen molar-refractivity contribution in [3.63, 3.8) is 0 Å². The van der Waals surface area contributed by atoms with Gasteiger partial charge in [-0.15, -0.1) is 0 Å². The Morgan fingerprint density at radius 3 is 2.49 bits per heavy atom. The summed E-state index contributed by atoms with van der Waals surface area (Å²) < 4.78 is 0. The average Bonchev–Trinajstić information content (AvgIpc) is 3.42. The highest BCUT2D eigenvalue weighted by molar-refractivity contribution is 6.00. The van der Waals surface area contributed by atoms with E-state index >= 15 is 0 Å². The lowest BCUT2D eigenvalue weighted by Gasteiger charge is -2.28. The molecular weight excluding hydrogens is 518 g/mol. The molecule has 2 aromatic carbocycles. The second-order valence-electron chi connectivity index (χ2n) is 11.3. The van der Waals surface area contributed by atoms with Crippen LogP contribution in [0.5, 0.6) is 0 Å². The van der Waals surface area contributed by atoms with E-state index in [1.54, 1.807) is 24.0 Å². The highest BCUT2D eigenvalue weighted by Crippen LogP contribution is 2.27. The number of benzene rings is 2. The van der Waals surface area contributed by atoms with Crippen LogP contribution in [0.25, 0.3) is 0 Å². The van der Waals surface area contributed by atoms with Crippen LogP contribution in [0.2, 0.25) is 0 Å². The third-order valence-corrected chi connectivity index (χ3v) is 8.00. The zero-order valence-corrected chi connectivity index (χ0v) is 24.3. The lowest BCUT2D eigenvalue weighted by atomic mass is 9.95. The number of carbonyl (C=O) groups is 3. The second kappa shape index (κ2) is 15.0. The van der Waals surface area contributed by atoms with Gasteiger partial charge in [-0.05, 0) is 63.3 Å². The summed E-state index contributed by atoms with van der Waals surface area (Å²) in [4.78, 5) is 40.5. The van der Waals surface area contributed by atoms with Crippen molar-refractivity contribution in [1.29, 1.82) is 0 Å². The molecule has 1 aliphatic heterocycles. The Hall–Kier alpha value is -3.43. The van der Waals surface area contributed by atoms with Crippen LogP contribution in [-0.2, 0) is 16.0 Å². The Morgan fingerprint density at radius 2 is 1.80 bits per heavy atom. The highest BCUT2D eigenvalue weighted by Gasteiger charge is 2.27. The lowest BCUT2D eigenvalue weighted by Crippen LogP contribution is -2.53. The first-order chi connectivity index (χ1) is 19.8. The third kappa shape index (κ3) is 8.78. The van der Waals surface area contributed by atoms with E-state index in [-0.39, 0.29) is 30.3 Å². The molecule has 0 unspecified atom stereocenters. The molecule has 1 saturated carbocycles. The fourth-order valence-corrected chi connectivity index (χ4v) is 5.63. The van der Waals surface area contributed by atoms with Gasteiger partial charge in [0, 0.05) is 49.0 Å². The molecule has 2 aromatic rings. The van der Waals surface area contributed by atoms with Gasteiger partial charge < -0.3 is 31.3 Å². The molecule has 0 spiro atoms. The molecule has 1 aliphatic carbocycles. The lowest BCUT2D eigenvalue weighted by molar-refractivity contribution is -0.123. The van der Waals surface area contributed by atoms with Gasteiger partial charge in [-0.25, -0.2) is 0 Å². The average molecular weight is 564 g/mol. The van der Waals surface area contributed by atoms with Gasteiger partial charge in [0.25, 0.3) is 5.91 Å². The van der Waals surface area contributed by atoms with Crippen LogP contribution in [-0.4, -0.2) is 66.7 Å². The molecule has 0 radical (unpaired) electrons. The first kappa shape index (κ1) is 30.5. The Bertz CT molecular complexity index is 1170. The largest absolute Gasteiger partial charge is 0.390 e. The van der Waals surface area contributed by atoms with Gasteiger partial charge in [-0.1, -0.05) is 49.6 Å². The number of carbonyl (C=O) groups excluding carboxylic acids is 3. The molecule has 1 heterocycles. The SMILES string of the molecule is CCNc1cc(C(=O)N[C@@H](Cc2ccccc2)[C@@H](O)CN[C@@H](C)C(=O)NC2CCCCC2)cc(N2CCCC2=O)c1. The Kier molecular flexibility index (Phi) is 11.2. The molecule has 4 rings (SSSR count). The van der Waals surface area contributed by atoms with Gasteiger partial charge in [0.1, 0.15) is 0 Å². The molecule has 1 saturated heterocycles. The monoisotopic (exact) mass is 563 g/mol. The van der Waals surface area contributed by atoms with Gasteiger partial charge >= 0.3 is 0 Å². The third-order valence-electron chi connectivity index (χ3n) is 8.00. The molecule has 3 amide bonds. The fraction of sp³-hybridized carbons (Fsp3) is 0.531. The Balaban J connectivity index is 1.45. The standard InChI is InChI=1S/C32H45N5O4/c1-3-33-26-18-24(19-27(20-26)37-16-10-15-30(37)39)32(41)36-28(17-23-11-6-4-7-12-23)29(38)21-34-22(2)31(40)35-25-13-8-5-9-14-25/h4,6-7,11-12,18-20,22,25,28-29,33-34,38H,3,5,8-10,13-17,21H2,1-2H3,(H,35,40)(H,36,41)/t22-,28-,29-/m0/s1. The van der Waals surface area contributed by atoms with Crippen molar-refractivity contribution in [1.82, 2.24) is 16.0 Å². The number of aliphatic hydroxyl groups excluding tert-OH is 1. The predicted molar refractivity (Wildman–Crippen MR) is 162 cm³/mol. The first-order valence-corrected chi connectivity index (χ1v) is 15.1. The molecule has 41 heavy (non-hydrogen) atoms. The van der Waals surface area contributed by atoms with Gasteiger partial charge in [0.15, 0.2) is 0 Å². The van der Waals surface area contributed by atoms with E-state index < -0.39 is 18.2 Å². The number of anilines is 2. The highest BCUT2D eigenvalue weighted by atomic mass is 16.3. The molecule has 222 valence electrons. The van der Waals surface area contributed by atoms with Crippen molar-refractivity contribution < 1.29 is 19.5 Å². The number of nitrogens with one attached hydrogen (secondary N) is 4. The maximum absolute atomic E-state index is 13.6. The maximum Gasteiger partial charge on any atom is 0.251 e. The number of amides is 3. The molecular formula is C32H45N5O4. The van der Waals surface area contributed by atoms with Gasteiger partial charge in [-0.2, -0.15) is 0 Å². The number of rotatable bonds is 13. The van der Waals surface area contributed by atoms with Crippen LogP contribution < -0.4 is 26.2 Å². The fourth-order valence-electron chi connectivity index (χ4n) is 5.63. The van der Waals surface area contributed by atoms with Crippen LogP contribution in [0.4, 0.5) is 11.4 Å². The van der Waals surface area contributed by atoms with Crippen molar-refractivity contribution in [2.24, 2.45) is 0 Å². The number of hydrogen-bond acceptors (Lipinski definition) is 6. The van der Waals surface area contributed by atoms with Gasteiger partial charge in [-0.3, -0.25) is 14.4 Å². The number of aliphatic hydroxyl groups is 1. The smallest absolute Gasteiger partial charge is 0.251 e. The molecule has 9 nitrogen and oxygen atoms in total. The van der Waals surface area contributed by atoms with E-state index in [0.717, 1.165) is 43.4 Å². The summed E-state index contributed by atoms with van der Waals surface area (Å²) in [5, 5.41) is 23.8. The summed E-state index contributed by atoms with van der Waals surface area (Å²) in [6.07, 6.45) is 6.29. The molecule has 3 atom stereocenters. The molecule has 9 heteroatoms. The number of nitrogens with zero attached hydrogens (tertiary/aromatic N) is 1. The van der Waals surface area contributed by atoms with E-state index in [0.29, 0.717) is 37.2 Å². The molecule has 2 fully saturated rings. The van der Waals surface area contributed by atoms with Crippen molar-refractivity contribution in [3.8, 4) is 0 Å². The Labute approximate surface area is 243 Å². The molecule has 0 aromatic heterocycles. The van der Waals surface area contributed by atoms with E-state index in [1.807, 2.05) is 43.3 Å². The summed E-state index contributed by atoms with van der Waals surface area (Å²) in [5.41, 5.74) is 2.84. The van der Waals surface area contributed by atoms with Crippen molar-refractivity contribution >= 4 is 29.1 Å². The Morgan fingerprint density at radius 1 is 1.05 bits per heavy atom. The molecule has 0 bridgehead atoms. The topological polar surface area (TPSA) is 123 Å². The maximum atomic E-state index is 13.6. The normalized spacial score (nSPS) is 18.0. The predicted octanol–water partition coefficient (Wildman–Crippen LogP) is 3.37. The van der Waals surface area contributed by atoms with Gasteiger partial charge in [0.05, 0.1) is 18.2 Å². The van der Waals surface area contributed by atoms with E-state index in [4.69, 9.17) is 0 Å². The van der Waals surface area contributed by atoms with Crippen LogP contribution >= 0.6 is 0 Å². The zero-order valence-electron chi connectivity index (χ0n) is 24.3. The second-order valence-corrected chi connectivity index (χ2v) is 11.3. The van der Waals surface area contributed by atoms with Crippen LogP contribution in [0.3, 0.4) is 0 Å². The summed E-state index contributed by atoms with van der Waals surface area (Å²) in [6, 6.07) is 14.2. The van der Waals surface area contributed by atoms with Crippen molar-refractivity contribution in [3.05, 3.63) is 59.7 Å². The molecule has 2 aliphatic rings. The minimum Gasteiger partial charge on any atom is -0.390 e. The summed E-state index contributed by atoms with van der Waals surface area (Å²) in [5.74, 6) is -0.354. The van der Waals surface area contributed by atoms with Crippen molar-refractivity contribution in [2.45, 2.75) is 89.4 Å². The minimum atomic E-state index is -0.944.